The van der Waals surface area contributed by atoms with Gasteiger partial charge in [-0.1, -0.05) is 32.8 Å². The first-order chi connectivity index (χ1) is 9.51. The van der Waals surface area contributed by atoms with E-state index in [4.69, 9.17) is 0 Å². The molecule has 20 heavy (non-hydrogen) atoms. The van der Waals surface area contributed by atoms with Crippen molar-refractivity contribution in [2.45, 2.75) is 46.0 Å². The Bertz CT molecular complexity index is 467. The van der Waals surface area contributed by atoms with Crippen LogP contribution in [0.25, 0.3) is 0 Å². The highest BCUT2D eigenvalue weighted by molar-refractivity contribution is 5.92. The van der Waals surface area contributed by atoms with E-state index < -0.39 is 5.95 Å². The lowest BCUT2D eigenvalue weighted by Gasteiger charge is -2.31. The van der Waals surface area contributed by atoms with E-state index in [1.165, 1.54) is 37.8 Å². The first-order valence-corrected chi connectivity index (χ1v) is 7.42. The molecule has 3 nitrogen and oxygen atoms in total. The fourth-order valence-electron chi connectivity index (χ4n) is 3.34. The zero-order valence-electron chi connectivity index (χ0n) is 12.3. The highest BCUT2D eigenvalue weighted by Gasteiger charge is 2.34. The molecule has 1 aromatic rings. The van der Waals surface area contributed by atoms with Gasteiger partial charge in [0.05, 0.1) is 0 Å². The lowest BCUT2D eigenvalue weighted by molar-refractivity contribution is 0.0915. The third-order valence-corrected chi connectivity index (χ3v) is 4.08. The number of aromatic nitrogens is 1. The summed E-state index contributed by atoms with van der Waals surface area (Å²) in [5.74, 6) is -0.271. The minimum absolute atomic E-state index is 0.155. The Morgan fingerprint density at radius 3 is 2.70 bits per heavy atom. The molecule has 0 atom stereocenters. The van der Waals surface area contributed by atoms with Crippen LogP contribution in [0.3, 0.4) is 0 Å². The topological polar surface area (TPSA) is 42.0 Å². The van der Waals surface area contributed by atoms with E-state index in [2.05, 4.69) is 24.1 Å². The molecule has 0 saturated heterocycles. The van der Waals surface area contributed by atoms with Crippen LogP contribution in [0.1, 0.15) is 56.4 Å². The minimum atomic E-state index is -0.615. The van der Waals surface area contributed by atoms with Crippen LogP contribution in [0.5, 0.6) is 0 Å². The summed E-state index contributed by atoms with van der Waals surface area (Å²) in [7, 11) is 0. The summed E-state index contributed by atoms with van der Waals surface area (Å²) in [5, 5.41) is 2.95. The first-order valence-electron chi connectivity index (χ1n) is 7.42. The Kier molecular flexibility index (Phi) is 4.73. The van der Waals surface area contributed by atoms with Crippen molar-refractivity contribution in [1.29, 1.82) is 0 Å². The van der Waals surface area contributed by atoms with Crippen molar-refractivity contribution >= 4 is 5.91 Å². The van der Waals surface area contributed by atoms with Gasteiger partial charge in [-0.15, -0.1) is 0 Å². The lowest BCUT2D eigenvalue weighted by atomic mass is 9.78. The number of nitrogens with zero attached hydrogens (tertiary/aromatic N) is 1. The summed E-state index contributed by atoms with van der Waals surface area (Å²) in [4.78, 5) is 15.7. The molecule has 0 unspecified atom stereocenters. The average molecular weight is 278 g/mol. The standard InChI is InChI=1S/C16H23FN2O/c1-12(2)10-16(8-3-4-9-16)11-18-15(20)13-6-5-7-14(17)19-13/h5-7,12H,3-4,8-11H2,1-2H3,(H,18,20). The fraction of sp³-hybridized carbons (Fsp3) is 0.625. The van der Waals surface area contributed by atoms with E-state index >= 15 is 0 Å². The minimum Gasteiger partial charge on any atom is -0.350 e. The van der Waals surface area contributed by atoms with Crippen LogP contribution < -0.4 is 5.32 Å². The molecule has 0 aliphatic heterocycles. The predicted molar refractivity (Wildman–Crippen MR) is 76.9 cm³/mol. The molecule has 1 fully saturated rings. The second kappa shape index (κ2) is 6.33. The molecule has 2 rings (SSSR count). The third-order valence-electron chi connectivity index (χ3n) is 4.08. The molecule has 1 saturated carbocycles. The molecule has 110 valence electrons. The summed E-state index contributed by atoms with van der Waals surface area (Å²) < 4.78 is 13.0. The van der Waals surface area contributed by atoms with Crippen LogP contribution in [0.2, 0.25) is 0 Å². The van der Waals surface area contributed by atoms with Gasteiger partial charge in [0.25, 0.3) is 5.91 Å². The second-order valence-electron chi connectivity index (χ2n) is 6.33. The van der Waals surface area contributed by atoms with Gasteiger partial charge in [0.1, 0.15) is 5.69 Å². The molecule has 0 bridgehead atoms. The van der Waals surface area contributed by atoms with E-state index in [0.29, 0.717) is 12.5 Å². The molecule has 1 N–H and O–H groups in total. The molecule has 0 radical (unpaired) electrons. The highest BCUT2D eigenvalue weighted by atomic mass is 19.1. The normalized spacial score (nSPS) is 17.4. The van der Waals surface area contributed by atoms with Crippen LogP contribution >= 0.6 is 0 Å². The summed E-state index contributed by atoms with van der Waals surface area (Å²) in [6, 6.07) is 4.30. The van der Waals surface area contributed by atoms with Crippen LogP contribution in [0, 0.1) is 17.3 Å². The SMILES string of the molecule is CC(C)CC1(CNC(=O)c2cccc(F)n2)CCCC1. The number of hydrogen-bond donors (Lipinski definition) is 1. The van der Waals surface area contributed by atoms with Gasteiger partial charge in [0, 0.05) is 6.54 Å². The van der Waals surface area contributed by atoms with Gasteiger partial charge in [-0.2, -0.15) is 4.39 Å². The van der Waals surface area contributed by atoms with Crippen molar-refractivity contribution in [2.75, 3.05) is 6.54 Å². The van der Waals surface area contributed by atoms with E-state index in [9.17, 15) is 9.18 Å². The van der Waals surface area contributed by atoms with Gasteiger partial charge in [-0.3, -0.25) is 4.79 Å². The van der Waals surface area contributed by atoms with E-state index in [1.807, 2.05) is 0 Å². The summed E-state index contributed by atoms with van der Waals surface area (Å²) in [5.41, 5.74) is 0.375. The zero-order valence-corrected chi connectivity index (χ0v) is 12.3. The monoisotopic (exact) mass is 278 g/mol. The smallest absolute Gasteiger partial charge is 0.270 e. The quantitative estimate of drug-likeness (QED) is 0.837. The van der Waals surface area contributed by atoms with Crippen molar-refractivity contribution in [3.8, 4) is 0 Å². The highest BCUT2D eigenvalue weighted by Crippen LogP contribution is 2.42. The largest absolute Gasteiger partial charge is 0.350 e. The van der Waals surface area contributed by atoms with Crippen molar-refractivity contribution in [1.82, 2.24) is 10.3 Å². The summed E-state index contributed by atoms with van der Waals surface area (Å²) in [6.07, 6.45) is 5.94. The molecular weight excluding hydrogens is 255 g/mol. The summed E-state index contributed by atoms with van der Waals surface area (Å²) >= 11 is 0. The van der Waals surface area contributed by atoms with Crippen molar-refractivity contribution in [2.24, 2.45) is 11.3 Å². The van der Waals surface area contributed by atoms with Crippen LogP contribution in [-0.2, 0) is 0 Å². The Hall–Kier alpha value is -1.45. The van der Waals surface area contributed by atoms with Crippen molar-refractivity contribution in [3.63, 3.8) is 0 Å². The maximum absolute atomic E-state index is 13.0. The van der Waals surface area contributed by atoms with Gasteiger partial charge < -0.3 is 5.32 Å². The van der Waals surface area contributed by atoms with Crippen LogP contribution in [0.4, 0.5) is 4.39 Å². The third kappa shape index (κ3) is 3.78. The molecule has 0 spiro atoms. The maximum Gasteiger partial charge on any atom is 0.270 e. The predicted octanol–water partition coefficient (Wildman–Crippen LogP) is 3.56. The number of halogens is 1. The van der Waals surface area contributed by atoms with Crippen LogP contribution in [-0.4, -0.2) is 17.4 Å². The van der Waals surface area contributed by atoms with E-state index in [1.54, 1.807) is 6.07 Å². The molecule has 1 aromatic heterocycles. The zero-order chi connectivity index (χ0) is 14.6. The number of nitrogens with one attached hydrogen (secondary N) is 1. The maximum atomic E-state index is 13.0. The van der Waals surface area contributed by atoms with E-state index in [0.717, 1.165) is 6.42 Å². The Morgan fingerprint density at radius 2 is 2.10 bits per heavy atom. The summed E-state index contributed by atoms with van der Waals surface area (Å²) in [6.45, 7) is 5.11. The molecule has 1 amide bonds. The molecule has 1 heterocycles. The molecule has 1 aliphatic rings. The Labute approximate surface area is 120 Å². The number of pyridine rings is 1. The Balaban J connectivity index is 1.97. The number of carbonyl (C=O) groups excluding carboxylic acids is 1. The van der Waals surface area contributed by atoms with Gasteiger partial charge >= 0.3 is 0 Å². The molecule has 1 aliphatic carbocycles. The fourth-order valence-corrected chi connectivity index (χ4v) is 3.34. The molecule has 0 aromatic carbocycles. The number of amides is 1. The molecular formula is C16H23FN2O. The second-order valence-corrected chi connectivity index (χ2v) is 6.33. The average Bonchev–Trinajstić information content (AvgIpc) is 2.84. The number of hydrogen-bond acceptors (Lipinski definition) is 2. The number of rotatable bonds is 5. The number of carbonyl (C=O) groups is 1. The molecule has 4 heteroatoms. The van der Waals surface area contributed by atoms with Gasteiger partial charge in [-0.05, 0) is 42.7 Å². The lowest BCUT2D eigenvalue weighted by Crippen LogP contribution is -2.37. The van der Waals surface area contributed by atoms with Gasteiger partial charge in [-0.25, -0.2) is 4.98 Å². The van der Waals surface area contributed by atoms with Crippen molar-refractivity contribution in [3.05, 3.63) is 29.8 Å². The first kappa shape index (κ1) is 14.9. The Morgan fingerprint density at radius 1 is 1.40 bits per heavy atom. The van der Waals surface area contributed by atoms with E-state index in [-0.39, 0.29) is 17.0 Å². The van der Waals surface area contributed by atoms with Gasteiger partial charge in [0.2, 0.25) is 5.95 Å². The van der Waals surface area contributed by atoms with Crippen molar-refractivity contribution < 1.29 is 9.18 Å². The van der Waals surface area contributed by atoms with Crippen LogP contribution in [0.15, 0.2) is 18.2 Å². The van der Waals surface area contributed by atoms with Gasteiger partial charge in [0.15, 0.2) is 0 Å².